The van der Waals surface area contributed by atoms with Gasteiger partial charge in [0.05, 0.1) is 13.2 Å². The van der Waals surface area contributed by atoms with E-state index in [1.807, 2.05) is 0 Å². The summed E-state index contributed by atoms with van der Waals surface area (Å²) in [7, 11) is 3.47. The van der Waals surface area contributed by atoms with Crippen LogP contribution in [0.2, 0.25) is 0 Å². The van der Waals surface area contributed by atoms with Crippen molar-refractivity contribution in [3.63, 3.8) is 0 Å². The smallest absolute Gasteiger partial charge is 0.0589 e. The average molecular weight is 189 g/mol. The third kappa shape index (κ3) is 6.02. The van der Waals surface area contributed by atoms with Gasteiger partial charge in [-0.05, 0) is 20.8 Å². The Hall–Kier alpha value is -0.120. The molecule has 0 aliphatic heterocycles. The molecule has 13 heavy (non-hydrogen) atoms. The molecule has 3 nitrogen and oxygen atoms in total. The number of methoxy groups -OCH3 is 2. The molecule has 0 bridgehead atoms. The first kappa shape index (κ1) is 12.9. The van der Waals surface area contributed by atoms with Gasteiger partial charge >= 0.3 is 0 Å². The molecule has 0 radical (unpaired) electrons. The van der Waals surface area contributed by atoms with Crippen LogP contribution in [0, 0.1) is 0 Å². The molecule has 0 heterocycles. The summed E-state index contributed by atoms with van der Waals surface area (Å²) in [6.45, 7) is 10.1. The minimum absolute atomic E-state index is 0.192. The Morgan fingerprint density at radius 2 is 1.31 bits per heavy atom. The molecule has 0 fully saturated rings. The van der Waals surface area contributed by atoms with Crippen molar-refractivity contribution in [2.45, 2.75) is 26.3 Å². The van der Waals surface area contributed by atoms with Crippen LogP contribution in [0.25, 0.3) is 0 Å². The van der Waals surface area contributed by atoms with Crippen molar-refractivity contribution < 1.29 is 9.47 Å². The lowest BCUT2D eigenvalue weighted by Gasteiger charge is -2.35. The standard InChI is InChI=1S/C10H23NO2/c1-10(2,3)11(6-8-12-4)7-9-13-5/h6-9H2,1-5H3. The third-order valence-corrected chi connectivity index (χ3v) is 2.08. The number of rotatable bonds is 6. The molecule has 0 N–H and O–H groups in total. The van der Waals surface area contributed by atoms with Crippen molar-refractivity contribution in [2.24, 2.45) is 0 Å². The molecule has 0 rings (SSSR count). The van der Waals surface area contributed by atoms with Gasteiger partial charge in [-0.3, -0.25) is 4.90 Å². The predicted molar refractivity (Wildman–Crippen MR) is 55.1 cm³/mol. The van der Waals surface area contributed by atoms with Crippen molar-refractivity contribution in [3.05, 3.63) is 0 Å². The molecule has 0 spiro atoms. The predicted octanol–water partition coefficient (Wildman–Crippen LogP) is 1.38. The zero-order valence-electron chi connectivity index (χ0n) is 9.59. The Morgan fingerprint density at radius 1 is 0.923 bits per heavy atom. The first-order valence-electron chi connectivity index (χ1n) is 4.75. The second kappa shape index (κ2) is 6.35. The summed E-state index contributed by atoms with van der Waals surface area (Å²) in [6.07, 6.45) is 0. The van der Waals surface area contributed by atoms with E-state index < -0.39 is 0 Å². The highest BCUT2D eigenvalue weighted by Gasteiger charge is 2.19. The largest absolute Gasteiger partial charge is 0.383 e. The van der Waals surface area contributed by atoms with Gasteiger partial charge in [-0.15, -0.1) is 0 Å². The van der Waals surface area contributed by atoms with Gasteiger partial charge in [0.1, 0.15) is 0 Å². The van der Waals surface area contributed by atoms with Gasteiger partial charge in [0.25, 0.3) is 0 Å². The van der Waals surface area contributed by atoms with E-state index in [1.54, 1.807) is 14.2 Å². The molecule has 0 unspecified atom stereocenters. The molecule has 0 aromatic rings. The lowest BCUT2D eigenvalue weighted by atomic mass is 10.1. The number of ether oxygens (including phenoxy) is 2. The number of hydrogen-bond acceptors (Lipinski definition) is 3. The van der Waals surface area contributed by atoms with E-state index in [2.05, 4.69) is 25.7 Å². The van der Waals surface area contributed by atoms with Crippen molar-refractivity contribution in [1.82, 2.24) is 4.90 Å². The van der Waals surface area contributed by atoms with Crippen LogP contribution in [0.4, 0.5) is 0 Å². The van der Waals surface area contributed by atoms with Gasteiger partial charge in [-0.2, -0.15) is 0 Å². The van der Waals surface area contributed by atoms with Crippen molar-refractivity contribution in [1.29, 1.82) is 0 Å². The Kier molecular flexibility index (Phi) is 6.29. The van der Waals surface area contributed by atoms with E-state index in [1.165, 1.54) is 0 Å². The zero-order valence-corrected chi connectivity index (χ0v) is 9.59. The summed E-state index contributed by atoms with van der Waals surface area (Å²) in [4.78, 5) is 2.36. The third-order valence-electron chi connectivity index (χ3n) is 2.08. The van der Waals surface area contributed by atoms with E-state index in [0.29, 0.717) is 0 Å². The highest BCUT2D eigenvalue weighted by atomic mass is 16.5. The van der Waals surface area contributed by atoms with Gasteiger partial charge in [0, 0.05) is 32.8 Å². The summed E-state index contributed by atoms with van der Waals surface area (Å²) in [6, 6.07) is 0. The maximum Gasteiger partial charge on any atom is 0.0589 e. The Bertz CT molecular complexity index is 113. The van der Waals surface area contributed by atoms with E-state index in [0.717, 1.165) is 26.3 Å². The number of nitrogens with zero attached hydrogens (tertiary/aromatic N) is 1. The normalized spacial score (nSPS) is 12.5. The van der Waals surface area contributed by atoms with Gasteiger partial charge in [0.15, 0.2) is 0 Å². The molecule has 0 amide bonds. The summed E-state index contributed by atoms with van der Waals surface area (Å²) in [5, 5.41) is 0. The quantitative estimate of drug-likeness (QED) is 0.630. The molecular formula is C10H23NO2. The van der Waals surface area contributed by atoms with E-state index in [-0.39, 0.29) is 5.54 Å². The average Bonchev–Trinajstić information content (AvgIpc) is 2.02. The molecule has 0 saturated heterocycles. The molecule has 80 valence electrons. The second-order valence-corrected chi connectivity index (χ2v) is 4.14. The minimum atomic E-state index is 0.192. The topological polar surface area (TPSA) is 21.7 Å². The van der Waals surface area contributed by atoms with Crippen molar-refractivity contribution in [3.8, 4) is 0 Å². The highest BCUT2D eigenvalue weighted by Crippen LogP contribution is 2.11. The molecule has 0 aliphatic carbocycles. The first-order chi connectivity index (χ1) is 6.02. The molecule has 0 atom stereocenters. The summed E-state index contributed by atoms with van der Waals surface area (Å²) in [5.74, 6) is 0. The van der Waals surface area contributed by atoms with E-state index in [9.17, 15) is 0 Å². The monoisotopic (exact) mass is 189 g/mol. The summed E-state index contributed by atoms with van der Waals surface area (Å²) < 4.78 is 10.1. The van der Waals surface area contributed by atoms with Crippen LogP contribution in [0.5, 0.6) is 0 Å². The van der Waals surface area contributed by atoms with Gasteiger partial charge < -0.3 is 9.47 Å². The van der Waals surface area contributed by atoms with Crippen LogP contribution in [0.3, 0.4) is 0 Å². The van der Waals surface area contributed by atoms with Crippen molar-refractivity contribution >= 4 is 0 Å². The molecule has 0 aliphatic rings. The maximum atomic E-state index is 5.06. The van der Waals surface area contributed by atoms with Gasteiger partial charge in [-0.1, -0.05) is 0 Å². The molecular weight excluding hydrogens is 166 g/mol. The fraction of sp³-hybridized carbons (Fsp3) is 1.00. The first-order valence-corrected chi connectivity index (χ1v) is 4.75. The summed E-state index contributed by atoms with van der Waals surface area (Å²) in [5.41, 5.74) is 0.192. The van der Waals surface area contributed by atoms with E-state index in [4.69, 9.17) is 9.47 Å². The fourth-order valence-corrected chi connectivity index (χ4v) is 1.19. The second-order valence-electron chi connectivity index (χ2n) is 4.14. The fourth-order valence-electron chi connectivity index (χ4n) is 1.19. The van der Waals surface area contributed by atoms with Gasteiger partial charge in [-0.25, -0.2) is 0 Å². The molecule has 0 aromatic heterocycles. The SMILES string of the molecule is COCCN(CCOC)C(C)(C)C. The van der Waals surface area contributed by atoms with Gasteiger partial charge in [0.2, 0.25) is 0 Å². The molecule has 0 aromatic carbocycles. The molecule has 3 heteroatoms. The summed E-state index contributed by atoms with van der Waals surface area (Å²) >= 11 is 0. The Labute approximate surface area is 82.0 Å². The highest BCUT2D eigenvalue weighted by molar-refractivity contribution is 4.75. The van der Waals surface area contributed by atoms with Crippen LogP contribution in [-0.4, -0.2) is 51.0 Å². The van der Waals surface area contributed by atoms with Crippen LogP contribution >= 0.6 is 0 Å². The minimum Gasteiger partial charge on any atom is -0.383 e. The maximum absolute atomic E-state index is 5.06. The van der Waals surface area contributed by atoms with Crippen molar-refractivity contribution in [2.75, 3.05) is 40.5 Å². The Balaban J connectivity index is 3.88. The Morgan fingerprint density at radius 3 is 1.54 bits per heavy atom. The molecule has 0 saturated carbocycles. The lowest BCUT2D eigenvalue weighted by molar-refractivity contribution is 0.0597. The van der Waals surface area contributed by atoms with Crippen LogP contribution in [0.15, 0.2) is 0 Å². The van der Waals surface area contributed by atoms with Crippen LogP contribution < -0.4 is 0 Å². The lowest BCUT2D eigenvalue weighted by Crippen LogP contribution is -2.44. The van der Waals surface area contributed by atoms with E-state index >= 15 is 0 Å². The zero-order chi connectivity index (χ0) is 10.3. The van der Waals surface area contributed by atoms with Crippen LogP contribution in [0.1, 0.15) is 20.8 Å². The number of hydrogen-bond donors (Lipinski definition) is 0. The van der Waals surface area contributed by atoms with Crippen LogP contribution in [-0.2, 0) is 9.47 Å².